The summed E-state index contributed by atoms with van der Waals surface area (Å²) < 4.78 is 5.26. The Bertz CT molecular complexity index is 805. The molecule has 138 valence electrons. The highest BCUT2D eigenvalue weighted by Crippen LogP contribution is 2.23. The van der Waals surface area contributed by atoms with Gasteiger partial charge in [0.1, 0.15) is 5.75 Å². The molecule has 0 spiro atoms. The third-order valence-electron chi connectivity index (χ3n) is 4.21. The van der Waals surface area contributed by atoms with Gasteiger partial charge in [-0.05, 0) is 50.8 Å². The number of nitro groups is 1. The van der Waals surface area contributed by atoms with Crippen LogP contribution in [0.15, 0.2) is 42.5 Å². The Hall–Kier alpha value is -2.93. The van der Waals surface area contributed by atoms with Crippen LogP contribution in [-0.2, 0) is 0 Å². The molecule has 26 heavy (non-hydrogen) atoms. The van der Waals surface area contributed by atoms with Gasteiger partial charge in [-0.2, -0.15) is 0 Å². The molecule has 0 saturated heterocycles. The molecular weight excluding hydrogens is 334 g/mol. The molecule has 1 unspecified atom stereocenters. The zero-order chi connectivity index (χ0) is 19.3. The zero-order valence-electron chi connectivity index (χ0n) is 15.4. The van der Waals surface area contributed by atoms with E-state index in [-0.39, 0.29) is 17.6 Å². The summed E-state index contributed by atoms with van der Waals surface area (Å²) in [6.45, 7) is 2.02. The van der Waals surface area contributed by atoms with Crippen LogP contribution in [-0.4, -0.2) is 43.5 Å². The smallest absolute Gasteiger partial charge is 0.272 e. The quantitative estimate of drug-likeness (QED) is 0.608. The molecule has 0 saturated carbocycles. The highest BCUT2D eigenvalue weighted by atomic mass is 16.6. The maximum atomic E-state index is 12.4. The van der Waals surface area contributed by atoms with Crippen molar-refractivity contribution in [1.82, 2.24) is 10.2 Å². The van der Waals surface area contributed by atoms with Crippen LogP contribution < -0.4 is 10.1 Å². The Kier molecular flexibility index (Phi) is 6.30. The van der Waals surface area contributed by atoms with E-state index < -0.39 is 4.92 Å². The summed E-state index contributed by atoms with van der Waals surface area (Å²) in [5.41, 5.74) is 1.88. The molecule has 2 aromatic rings. The lowest BCUT2D eigenvalue weighted by atomic mass is 10.0. The van der Waals surface area contributed by atoms with Crippen LogP contribution in [0.5, 0.6) is 5.75 Å². The molecule has 0 radical (unpaired) electrons. The first-order valence-corrected chi connectivity index (χ1v) is 8.17. The van der Waals surface area contributed by atoms with Gasteiger partial charge in [0.05, 0.1) is 18.1 Å². The first kappa shape index (κ1) is 19.4. The third kappa shape index (κ3) is 4.58. The van der Waals surface area contributed by atoms with Crippen LogP contribution in [0.4, 0.5) is 5.69 Å². The van der Waals surface area contributed by atoms with Crippen molar-refractivity contribution >= 4 is 11.6 Å². The van der Waals surface area contributed by atoms with Gasteiger partial charge >= 0.3 is 0 Å². The van der Waals surface area contributed by atoms with Gasteiger partial charge in [0.25, 0.3) is 11.6 Å². The summed E-state index contributed by atoms with van der Waals surface area (Å²) in [6, 6.07) is 12.0. The Morgan fingerprint density at radius 2 is 2.00 bits per heavy atom. The van der Waals surface area contributed by atoms with E-state index in [1.54, 1.807) is 14.0 Å². The van der Waals surface area contributed by atoms with Gasteiger partial charge in [-0.1, -0.05) is 12.1 Å². The van der Waals surface area contributed by atoms with E-state index in [4.69, 9.17) is 4.74 Å². The first-order valence-electron chi connectivity index (χ1n) is 8.17. The molecule has 0 aliphatic carbocycles. The highest BCUT2D eigenvalue weighted by Gasteiger charge is 2.18. The fraction of sp³-hybridized carbons (Fsp3) is 0.316. The van der Waals surface area contributed by atoms with Crippen molar-refractivity contribution < 1.29 is 14.5 Å². The van der Waals surface area contributed by atoms with Crippen LogP contribution in [0.3, 0.4) is 0 Å². The molecule has 1 atom stereocenters. The molecule has 0 bridgehead atoms. The summed E-state index contributed by atoms with van der Waals surface area (Å²) in [7, 11) is 5.49. The third-order valence-corrected chi connectivity index (χ3v) is 4.21. The summed E-state index contributed by atoms with van der Waals surface area (Å²) >= 11 is 0. The molecule has 1 amide bonds. The molecular formula is C19H23N3O4. The van der Waals surface area contributed by atoms with Gasteiger partial charge in [0.15, 0.2) is 0 Å². The minimum Gasteiger partial charge on any atom is -0.497 e. The SMILES string of the molecule is COc1cccc(C(CNC(=O)c2ccc([N+](=O)[O-])c(C)c2)N(C)C)c1. The predicted molar refractivity (Wildman–Crippen MR) is 99.6 cm³/mol. The summed E-state index contributed by atoms with van der Waals surface area (Å²) in [6.07, 6.45) is 0. The van der Waals surface area contributed by atoms with Crippen molar-refractivity contribution in [2.75, 3.05) is 27.7 Å². The number of amides is 1. The average molecular weight is 357 g/mol. The number of carbonyl (C=O) groups excluding carboxylic acids is 1. The van der Waals surface area contributed by atoms with E-state index in [0.717, 1.165) is 11.3 Å². The summed E-state index contributed by atoms with van der Waals surface area (Å²) in [4.78, 5) is 24.9. The van der Waals surface area contributed by atoms with Crippen LogP contribution in [0, 0.1) is 17.0 Å². The van der Waals surface area contributed by atoms with E-state index in [9.17, 15) is 14.9 Å². The molecule has 0 fully saturated rings. The van der Waals surface area contributed by atoms with Gasteiger partial charge in [0, 0.05) is 23.7 Å². The number of rotatable bonds is 7. The van der Waals surface area contributed by atoms with Crippen molar-refractivity contribution in [3.63, 3.8) is 0 Å². The van der Waals surface area contributed by atoms with Crippen molar-refractivity contribution in [3.05, 3.63) is 69.3 Å². The molecule has 7 heteroatoms. The number of ether oxygens (including phenoxy) is 1. The van der Waals surface area contributed by atoms with E-state index in [2.05, 4.69) is 5.32 Å². The highest BCUT2D eigenvalue weighted by molar-refractivity contribution is 5.94. The van der Waals surface area contributed by atoms with E-state index >= 15 is 0 Å². The van der Waals surface area contributed by atoms with Crippen LogP contribution in [0.25, 0.3) is 0 Å². The van der Waals surface area contributed by atoms with E-state index in [0.29, 0.717) is 17.7 Å². The Balaban J connectivity index is 2.12. The largest absolute Gasteiger partial charge is 0.497 e. The number of hydrogen-bond donors (Lipinski definition) is 1. The molecule has 2 rings (SSSR count). The maximum Gasteiger partial charge on any atom is 0.272 e. The fourth-order valence-corrected chi connectivity index (χ4v) is 2.74. The van der Waals surface area contributed by atoms with Gasteiger partial charge in [-0.15, -0.1) is 0 Å². The summed E-state index contributed by atoms with van der Waals surface area (Å²) in [5.74, 6) is 0.490. The van der Waals surface area contributed by atoms with Crippen molar-refractivity contribution in [1.29, 1.82) is 0 Å². The lowest BCUT2D eigenvalue weighted by molar-refractivity contribution is -0.385. The van der Waals surface area contributed by atoms with Gasteiger partial charge in [0.2, 0.25) is 0 Å². The van der Waals surface area contributed by atoms with Crippen molar-refractivity contribution in [2.45, 2.75) is 13.0 Å². The van der Waals surface area contributed by atoms with Gasteiger partial charge in [-0.25, -0.2) is 0 Å². The van der Waals surface area contributed by atoms with Crippen LogP contribution >= 0.6 is 0 Å². The molecule has 0 aliphatic heterocycles. The lowest BCUT2D eigenvalue weighted by Crippen LogP contribution is -2.34. The van der Waals surface area contributed by atoms with E-state index in [1.165, 1.54) is 18.2 Å². The topological polar surface area (TPSA) is 84.7 Å². The number of benzene rings is 2. The molecule has 1 N–H and O–H groups in total. The van der Waals surface area contributed by atoms with Crippen LogP contribution in [0.1, 0.15) is 27.5 Å². The Labute approximate surface area is 152 Å². The molecule has 0 heterocycles. The second kappa shape index (κ2) is 8.44. The molecule has 0 aliphatic rings. The fourth-order valence-electron chi connectivity index (χ4n) is 2.74. The van der Waals surface area contributed by atoms with Gasteiger partial charge in [-0.3, -0.25) is 14.9 Å². The molecule has 2 aromatic carbocycles. The maximum absolute atomic E-state index is 12.4. The normalized spacial score (nSPS) is 11.9. The Morgan fingerprint density at radius 1 is 1.27 bits per heavy atom. The molecule has 7 nitrogen and oxygen atoms in total. The number of likely N-dealkylation sites (N-methyl/N-ethyl adjacent to an activating group) is 1. The number of nitro benzene ring substituents is 1. The average Bonchev–Trinajstić information content (AvgIpc) is 2.61. The second-order valence-electron chi connectivity index (χ2n) is 6.22. The minimum atomic E-state index is -0.456. The second-order valence-corrected chi connectivity index (χ2v) is 6.22. The first-order chi connectivity index (χ1) is 12.3. The minimum absolute atomic E-state index is 0.00380. The van der Waals surface area contributed by atoms with Crippen LogP contribution in [0.2, 0.25) is 0 Å². The van der Waals surface area contributed by atoms with E-state index in [1.807, 2.05) is 43.3 Å². The monoisotopic (exact) mass is 357 g/mol. The van der Waals surface area contributed by atoms with Crippen molar-refractivity contribution in [3.8, 4) is 5.75 Å². The lowest BCUT2D eigenvalue weighted by Gasteiger charge is -2.25. The zero-order valence-corrected chi connectivity index (χ0v) is 15.4. The number of carbonyl (C=O) groups is 1. The standard InChI is InChI=1S/C19H23N3O4/c1-13-10-15(8-9-17(13)22(24)25)19(23)20-12-18(21(2)3)14-6-5-7-16(11-14)26-4/h5-11,18H,12H2,1-4H3,(H,20,23). The Morgan fingerprint density at radius 3 is 2.58 bits per heavy atom. The number of aryl methyl sites for hydroxylation is 1. The number of methoxy groups -OCH3 is 1. The number of nitrogens with one attached hydrogen (secondary N) is 1. The predicted octanol–water partition coefficient (Wildman–Crippen LogP) is 2.94. The summed E-state index contributed by atoms with van der Waals surface area (Å²) in [5, 5.41) is 13.8. The molecule has 0 aromatic heterocycles. The number of hydrogen-bond acceptors (Lipinski definition) is 5. The number of nitrogens with zero attached hydrogens (tertiary/aromatic N) is 2. The van der Waals surface area contributed by atoms with Gasteiger partial charge < -0.3 is 15.0 Å². The van der Waals surface area contributed by atoms with Crippen molar-refractivity contribution in [2.24, 2.45) is 0 Å².